The largest absolute Gasteiger partial charge is 0.482 e. The number of anilines is 1. The number of esters is 1. The van der Waals surface area contributed by atoms with Gasteiger partial charge in [0.1, 0.15) is 5.75 Å². The van der Waals surface area contributed by atoms with Gasteiger partial charge in [-0.1, -0.05) is 18.2 Å². The molecule has 2 aromatic rings. The number of hydrogen-bond acceptors (Lipinski definition) is 5. The van der Waals surface area contributed by atoms with Gasteiger partial charge in [0.15, 0.2) is 6.61 Å². The van der Waals surface area contributed by atoms with Gasteiger partial charge in [0.25, 0.3) is 0 Å². The Balaban J connectivity index is 1.81. The molecule has 0 bridgehead atoms. The van der Waals surface area contributed by atoms with E-state index in [1.54, 1.807) is 32.2 Å². The van der Waals surface area contributed by atoms with Crippen molar-refractivity contribution in [2.45, 2.75) is 20.0 Å². The predicted octanol–water partition coefficient (Wildman–Crippen LogP) is 3.46. The number of carbonyl (C=O) groups is 1. The quantitative estimate of drug-likeness (QED) is 0.483. The highest BCUT2D eigenvalue weighted by Crippen LogP contribution is 2.11. The van der Waals surface area contributed by atoms with Crippen LogP contribution in [0, 0.1) is 0 Å². The average Bonchev–Trinajstić information content (AvgIpc) is 2.54. The van der Waals surface area contributed by atoms with Crippen molar-refractivity contribution in [3.05, 3.63) is 60.2 Å². The minimum atomic E-state index is -0.377. The van der Waals surface area contributed by atoms with Gasteiger partial charge in [-0.2, -0.15) is 5.10 Å². The SMILES string of the molecule is CC(C)OC(=O)COc1ccc(C=NNc2ccccc2)cc1. The molecule has 0 heterocycles. The van der Waals surface area contributed by atoms with Crippen LogP contribution in [0.15, 0.2) is 59.7 Å². The Morgan fingerprint density at radius 3 is 2.48 bits per heavy atom. The third-order valence-electron chi connectivity index (χ3n) is 2.78. The minimum absolute atomic E-state index is 0.0961. The summed E-state index contributed by atoms with van der Waals surface area (Å²) in [4.78, 5) is 11.4. The third kappa shape index (κ3) is 6.22. The summed E-state index contributed by atoms with van der Waals surface area (Å²) in [6.07, 6.45) is 1.57. The molecular formula is C18H20N2O3. The monoisotopic (exact) mass is 312 g/mol. The number of rotatable bonds is 7. The topological polar surface area (TPSA) is 59.9 Å². The molecule has 5 heteroatoms. The molecule has 2 aromatic carbocycles. The Hall–Kier alpha value is -2.82. The van der Waals surface area contributed by atoms with Crippen LogP contribution in [0.5, 0.6) is 5.75 Å². The van der Waals surface area contributed by atoms with Crippen LogP contribution in [0.1, 0.15) is 19.4 Å². The van der Waals surface area contributed by atoms with Gasteiger partial charge in [-0.3, -0.25) is 5.43 Å². The Morgan fingerprint density at radius 2 is 1.83 bits per heavy atom. The lowest BCUT2D eigenvalue weighted by molar-refractivity contribution is -0.149. The third-order valence-corrected chi connectivity index (χ3v) is 2.78. The van der Waals surface area contributed by atoms with Crippen LogP contribution in [0.4, 0.5) is 5.69 Å². The molecule has 120 valence electrons. The van der Waals surface area contributed by atoms with Crippen LogP contribution < -0.4 is 10.2 Å². The molecule has 0 atom stereocenters. The zero-order chi connectivity index (χ0) is 16.5. The van der Waals surface area contributed by atoms with E-state index < -0.39 is 0 Å². The number of nitrogens with zero attached hydrogens (tertiary/aromatic N) is 1. The first-order valence-corrected chi connectivity index (χ1v) is 7.40. The van der Waals surface area contributed by atoms with E-state index in [0.29, 0.717) is 5.75 Å². The fourth-order valence-electron chi connectivity index (χ4n) is 1.78. The molecule has 23 heavy (non-hydrogen) atoms. The van der Waals surface area contributed by atoms with Crippen molar-refractivity contribution in [3.63, 3.8) is 0 Å². The van der Waals surface area contributed by atoms with E-state index >= 15 is 0 Å². The molecule has 2 rings (SSSR count). The number of carbonyl (C=O) groups excluding carboxylic acids is 1. The van der Waals surface area contributed by atoms with Crippen molar-refractivity contribution in [1.29, 1.82) is 0 Å². The van der Waals surface area contributed by atoms with Crippen molar-refractivity contribution in [3.8, 4) is 5.75 Å². The first-order valence-electron chi connectivity index (χ1n) is 7.40. The maximum absolute atomic E-state index is 11.4. The summed E-state index contributed by atoms with van der Waals surface area (Å²) in [6, 6.07) is 17.0. The van der Waals surface area contributed by atoms with Gasteiger partial charge in [-0.15, -0.1) is 0 Å². The Labute approximate surface area is 135 Å². The molecule has 0 saturated heterocycles. The summed E-state index contributed by atoms with van der Waals surface area (Å²) < 4.78 is 10.4. The summed E-state index contributed by atoms with van der Waals surface area (Å²) in [5.41, 5.74) is 4.79. The number of hydrogen-bond donors (Lipinski definition) is 1. The van der Waals surface area contributed by atoms with E-state index in [1.807, 2.05) is 42.5 Å². The van der Waals surface area contributed by atoms with Gasteiger partial charge in [0.05, 0.1) is 18.0 Å². The molecule has 0 fully saturated rings. The molecule has 0 saturated carbocycles. The molecule has 0 aliphatic carbocycles. The van der Waals surface area contributed by atoms with Gasteiger partial charge in [-0.05, 0) is 55.8 Å². The zero-order valence-corrected chi connectivity index (χ0v) is 13.2. The Morgan fingerprint density at radius 1 is 1.13 bits per heavy atom. The lowest BCUT2D eigenvalue weighted by Crippen LogP contribution is -2.18. The summed E-state index contributed by atoms with van der Waals surface area (Å²) in [7, 11) is 0. The van der Waals surface area contributed by atoms with Gasteiger partial charge in [0, 0.05) is 0 Å². The average molecular weight is 312 g/mol. The minimum Gasteiger partial charge on any atom is -0.482 e. The number of benzene rings is 2. The highest BCUT2D eigenvalue weighted by atomic mass is 16.6. The van der Waals surface area contributed by atoms with E-state index in [4.69, 9.17) is 9.47 Å². The summed E-state index contributed by atoms with van der Waals surface area (Å²) in [5.74, 6) is 0.233. The van der Waals surface area contributed by atoms with Crippen molar-refractivity contribution < 1.29 is 14.3 Å². The molecule has 0 amide bonds. The first kappa shape index (κ1) is 16.5. The molecule has 0 radical (unpaired) electrons. The molecule has 0 aromatic heterocycles. The zero-order valence-electron chi connectivity index (χ0n) is 13.2. The van der Waals surface area contributed by atoms with Crippen LogP contribution in [0.25, 0.3) is 0 Å². The number of nitrogens with one attached hydrogen (secondary N) is 1. The van der Waals surface area contributed by atoms with Crippen LogP contribution in [-0.2, 0) is 9.53 Å². The number of hydrazone groups is 1. The van der Waals surface area contributed by atoms with Crippen molar-refractivity contribution in [2.75, 3.05) is 12.0 Å². The molecule has 0 aliphatic heterocycles. The summed E-state index contributed by atoms with van der Waals surface area (Å²) in [5, 5.41) is 4.16. The van der Waals surface area contributed by atoms with E-state index in [1.165, 1.54) is 0 Å². The number of para-hydroxylation sites is 1. The van der Waals surface area contributed by atoms with Crippen LogP contribution >= 0.6 is 0 Å². The number of ether oxygens (including phenoxy) is 2. The van der Waals surface area contributed by atoms with Crippen LogP contribution in [0.3, 0.4) is 0 Å². The van der Waals surface area contributed by atoms with Gasteiger partial charge in [0.2, 0.25) is 0 Å². The fourth-order valence-corrected chi connectivity index (χ4v) is 1.78. The summed E-state index contributed by atoms with van der Waals surface area (Å²) >= 11 is 0. The highest BCUT2D eigenvalue weighted by Gasteiger charge is 2.06. The molecule has 0 unspecified atom stereocenters. The Bertz CT molecular complexity index is 637. The van der Waals surface area contributed by atoms with Crippen molar-refractivity contribution in [1.82, 2.24) is 0 Å². The normalized spacial score (nSPS) is 10.7. The van der Waals surface area contributed by atoms with Gasteiger partial charge >= 0.3 is 5.97 Å². The van der Waals surface area contributed by atoms with E-state index in [2.05, 4.69) is 10.5 Å². The van der Waals surface area contributed by atoms with Crippen molar-refractivity contribution in [2.24, 2.45) is 5.10 Å². The lowest BCUT2D eigenvalue weighted by atomic mass is 10.2. The van der Waals surface area contributed by atoms with E-state index in [9.17, 15) is 4.79 Å². The highest BCUT2D eigenvalue weighted by molar-refractivity contribution is 5.80. The predicted molar refractivity (Wildman–Crippen MR) is 90.8 cm³/mol. The molecular weight excluding hydrogens is 292 g/mol. The van der Waals surface area contributed by atoms with Crippen LogP contribution in [0.2, 0.25) is 0 Å². The summed E-state index contributed by atoms with van der Waals surface area (Å²) in [6.45, 7) is 3.51. The molecule has 0 aliphatic rings. The maximum Gasteiger partial charge on any atom is 0.344 e. The second-order valence-electron chi connectivity index (χ2n) is 5.13. The molecule has 0 spiro atoms. The second kappa shape index (κ2) is 8.58. The Kier molecular flexibility index (Phi) is 6.17. The lowest BCUT2D eigenvalue weighted by Gasteiger charge is -2.09. The first-order chi connectivity index (χ1) is 11.1. The van der Waals surface area contributed by atoms with Gasteiger partial charge in [-0.25, -0.2) is 4.79 Å². The van der Waals surface area contributed by atoms with E-state index in [0.717, 1.165) is 11.3 Å². The molecule has 5 nitrogen and oxygen atoms in total. The fraction of sp³-hybridized carbons (Fsp3) is 0.222. The second-order valence-corrected chi connectivity index (χ2v) is 5.13. The van der Waals surface area contributed by atoms with Crippen molar-refractivity contribution >= 4 is 17.9 Å². The van der Waals surface area contributed by atoms with E-state index in [-0.39, 0.29) is 18.7 Å². The smallest absolute Gasteiger partial charge is 0.344 e. The maximum atomic E-state index is 11.4. The molecule has 1 N–H and O–H groups in total. The standard InChI is InChI=1S/C18H20N2O3/c1-14(2)23-18(21)13-22-17-10-8-15(9-11-17)12-19-20-16-6-4-3-5-7-16/h3-12,14,20H,13H2,1-2H3. The van der Waals surface area contributed by atoms with Crippen LogP contribution in [-0.4, -0.2) is 24.9 Å². The van der Waals surface area contributed by atoms with Gasteiger partial charge < -0.3 is 9.47 Å².